The lowest BCUT2D eigenvalue weighted by atomic mass is 9.96. The summed E-state index contributed by atoms with van der Waals surface area (Å²) in [7, 11) is 1.88. The molecular formula is C20H31FN4O. The molecule has 0 unspecified atom stereocenters. The smallest absolute Gasteiger partial charge is 0.242 e. The highest BCUT2D eigenvalue weighted by molar-refractivity contribution is 5.86. The molecule has 6 heteroatoms. The molecule has 1 fully saturated rings. The van der Waals surface area contributed by atoms with Crippen molar-refractivity contribution in [2.75, 3.05) is 39.8 Å². The van der Waals surface area contributed by atoms with E-state index in [4.69, 9.17) is 4.99 Å². The molecule has 0 aromatic heterocycles. The number of nitrogens with zero attached hydrogens (tertiary/aromatic N) is 3. The fraction of sp³-hybridized carbons (Fsp3) is 0.600. The zero-order valence-corrected chi connectivity index (χ0v) is 16.4. The Morgan fingerprint density at radius 3 is 2.50 bits per heavy atom. The predicted molar refractivity (Wildman–Crippen MR) is 104 cm³/mol. The zero-order chi connectivity index (χ0) is 19.2. The first-order chi connectivity index (χ1) is 12.5. The molecule has 1 amide bonds. The third-order valence-corrected chi connectivity index (χ3v) is 5.01. The Labute approximate surface area is 156 Å². The summed E-state index contributed by atoms with van der Waals surface area (Å²) in [6, 6.07) is 6.82. The van der Waals surface area contributed by atoms with Crippen LogP contribution in [-0.4, -0.2) is 61.4 Å². The lowest BCUT2D eigenvalue weighted by molar-refractivity contribution is -0.131. The second-order valence-corrected chi connectivity index (χ2v) is 6.88. The highest BCUT2D eigenvalue weighted by Crippen LogP contribution is 2.48. The summed E-state index contributed by atoms with van der Waals surface area (Å²) in [5, 5.41) is 3.26. The Balaban J connectivity index is 2.07. The number of aliphatic imine (C=N–C) groups is 1. The van der Waals surface area contributed by atoms with Crippen molar-refractivity contribution < 1.29 is 9.18 Å². The maximum absolute atomic E-state index is 13.6. The molecule has 1 saturated carbocycles. The minimum Gasteiger partial charge on any atom is -0.357 e. The minimum atomic E-state index is -0.202. The van der Waals surface area contributed by atoms with Crippen LogP contribution in [-0.2, 0) is 10.2 Å². The van der Waals surface area contributed by atoms with Crippen LogP contribution in [0.1, 0.15) is 39.2 Å². The summed E-state index contributed by atoms with van der Waals surface area (Å²) in [4.78, 5) is 20.8. The maximum atomic E-state index is 13.6. The van der Waals surface area contributed by atoms with Crippen molar-refractivity contribution in [1.82, 2.24) is 15.1 Å². The molecule has 0 bridgehead atoms. The highest BCUT2D eigenvalue weighted by Gasteiger charge is 2.44. The second kappa shape index (κ2) is 9.01. The Morgan fingerprint density at radius 1 is 1.27 bits per heavy atom. The van der Waals surface area contributed by atoms with Gasteiger partial charge in [0.2, 0.25) is 5.91 Å². The van der Waals surface area contributed by atoms with Crippen molar-refractivity contribution in [2.24, 2.45) is 4.99 Å². The van der Waals surface area contributed by atoms with Crippen LogP contribution in [0.5, 0.6) is 0 Å². The van der Waals surface area contributed by atoms with Gasteiger partial charge in [-0.15, -0.1) is 0 Å². The number of hydrogen-bond acceptors (Lipinski definition) is 2. The van der Waals surface area contributed by atoms with Gasteiger partial charge in [-0.25, -0.2) is 4.39 Å². The van der Waals surface area contributed by atoms with Crippen LogP contribution in [0, 0.1) is 5.82 Å². The normalized spacial score (nSPS) is 15.5. The number of carbonyl (C=O) groups is 1. The third kappa shape index (κ3) is 4.96. The molecule has 1 N–H and O–H groups in total. The van der Waals surface area contributed by atoms with Crippen LogP contribution in [0.2, 0.25) is 0 Å². The number of likely N-dealkylation sites (N-methyl/N-ethyl adjacent to an activating group) is 2. The third-order valence-electron chi connectivity index (χ3n) is 5.01. The number of nitrogens with one attached hydrogen (secondary N) is 1. The number of amides is 1. The molecule has 0 heterocycles. The molecule has 1 aromatic rings. The van der Waals surface area contributed by atoms with Crippen LogP contribution >= 0.6 is 0 Å². The number of rotatable bonds is 8. The van der Waals surface area contributed by atoms with E-state index in [0.717, 1.165) is 30.9 Å². The van der Waals surface area contributed by atoms with Gasteiger partial charge in [0, 0.05) is 32.1 Å². The van der Waals surface area contributed by atoms with Crippen molar-refractivity contribution in [2.45, 2.75) is 39.0 Å². The van der Waals surface area contributed by atoms with E-state index in [1.807, 2.05) is 43.7 Å². The molecule has 1 aliphatic rings. The van der Waals surface area contributed by atoms with E-state index in [2.05, 4.69) is 5.32 Å². The number of hydrogen-bond donors (Lipinski definition) is 1. The second-order valence-electron chi connectivity index (χ2n) is 6.88. The number of benzene rings is 1. The zero-order valence-electron chi connectivity index (χ0n) is 16.4. The average Bonchev–Trinajstić information content (AvgIpc) is 3.40. The average molecular weight is 362 g/mol. The molecular weight excluding hydrogens is 331 g/mol. The number of guanidine groups is 1. The summed E-state index contributed by atoms with van der Waals surface area (Å²) >= 11 is 0. The Kier molecular flexibility index (Phi) is 7.00. The van der Waals surface area contributed by atoms with Crippen molar-refractivity contribution >= 4 is 11.9 Å². The molecule has 0 aliphatic heterocycles. The van der Waals surface area contributed by atoms with Gasteiger partial charge >= 0.3 is 0 Å². The molecule has 144 valence electrons. The molecule has 1 aromatic carbocycles. The highest BCUT2D eigenvalue weighted by atomic mass is 19.1. The van der Waals surface area contributed by atoms with Gasteiger partial charge in [0.1, 0.15) is 5.82 Å². The van der Waals surface area contributed by atoms with Crippen molar-refractivity contribution in [3.63, 3.8) is 0 Å². The lowest BCUT2D eigenvalue weighted by Crippen LogP contribution is -2.46. The first-order valence-electron chi connectivity index (χ1n) is 9.49. The van der Waals surface area contributed by atoms with E-state index in [9.17, 15) is 9.18 Å². The molecule has 0 atom stereocenters. The summed E-state index contributed by atoms with van der Waals surface area (Å²) in [6.07, 6.45) is 2.03. The Morgan fingerprint density at radius 2 is 1.96 bits per heavy atom. The monoisotopic (exact) mass is 362 g/mol. The first kappa shape index (κ1) is 20.2. The van der Waals surface area contributed by atoms with Gasteiger partial charge in [0.15, 0.2) is 5.96 Å². The van der Waals surface area contributed by atoms with Gasteiger partial charge in [-0.3, -0.25) is 9.79 Å². The standard InChI is InChI=1S/C20H31FN4O/c1-5-22-19(24(4)14-18(26)25(6-2)7-3)23-15-20(11-12-20)16-9-8-10-17(21)13-16/h8-10,13H,5-7,11-12,14-15H2,1-4H3,(H,22,23). The maximum Gasteiger partial charge on any atom is 0.242 e. The summed E-state index contributed by atoms with van der Waals surface area (Å²) < 4.78 is 13.6. The quantitative estimate of drug-likeness (QED) is 0.571. The van der Waals surface area contributed by atoms with Crippen LogP contribution in [0.25, 0.3) is 0 Å². The topological polar surface area (TPSA) is 47.9 Å². The van der Waals surface area contributed by atoms with Crippen LogP contribution in [0.15, 0.2) is 29.3 Å². The van der Waals surface area contributed by atoms with Crippen molar-refractivity contribution in [3.05, 3.63) is 35.6 Å². The van der Waals surface area contributed by atoms with E-state index in [-0.39, 0.29) is 17.1 Å². The molecule has 5 nitrogen and oxygen atoms in total. The van der Waals surface area contributed by atoms with Crippen molar-refractivity contribution in [1.29, 1.82) is 0 Å². The summed E-state index contributed by atoms with van der Waals surface area (Å²) in [5.74, 6) is 0.608. The van der Waals surface area contributed by atoms with Crippen LogP contribution in [0.4, 0.5) is 4.39 Å². The van der Waals surface area contributed by atoms with E-state index in [1.165, 1.54) is 6.07 Å². The van der Waals surface area contributed by atoms with E-state index < -0.39 is 0 Å². The van der Waals surface area contributed by atoms with Crippen LogP contribution in [0.3, 0.4) is 0 Å². The predicted octanol–water partition coefficient (Wildman–Crippen LogP) is 2.62. The van der Waals surface area contributed by atoms with Gasteiger partial charge < -0.3 is 15.1 Å². The minimum absolute atomic E-state index is 0.0630. The number of carbonyl (C=O) groups excluding carboxylic acids is 1. The van der Waals surface area contributed by atoms with Gasteiger partial charge in [-0.1, -0.05) is 12.1 Å². The Hall–Kier alpha value is -2.11. The van der Waals surface area contributed by atoms with Gasteiger partial charge in [-0.2, -0.15) is 0 Å². The molecule has 2 rings (SSSR count). The van der Waals surface area contributed by atoms with Gasteiger partial charge in [-0.05, 0) is 51.3 Å². The SMILES string of the molecule is CCNC(=NCC1(c2cccc(F)c2)CC1)N(C)CC(=O)N(CC)CC. The summed E-state index contributed by atoms with van der Waals surface area (Å²) in [5.41, 5.74) is 0.950. The molecule has 0 saturated heterocycles. The van der Waals surface area contributed by atoms with Gasteiger partial charge in [0.05, 0.1) is 13.1 Å². The lowest BCUT2D eigenvalue weighted by Gasteiger charge is -2.26. The van der Waals surface area contributed by atoms with E-state index in [0.29, 0.717) is 26.2 Å². The van der Waals surface area contributed by atoms with E-state index >= 15 is 0 Å². The fourth-order valence-electron chi connectivity index (χ4n) is 3.16. The molecule has 26 heavy (non-hydrogen) atoms. The largest absolute Gasteiger partial charge is 0.357 e. The molecule has 0 radical (unpaired) electrons. The molecule has 1 aliphatic carbocycles. The van der Waals surface area contributed by atoms with Crippen LogP contribution < -0.4 is 5.32 Å². The van der Waals surface area contributed by atoms with Crippen molar-refractivity contribution in [3.8, 4) is 0 Å². The van der Waals surface area contributed by atoms with E-state index in [1.54, 1.807) is 12.1 Å². The fourth-order valence-corrected chi connectivity index (χ4v) is 3.16. The number of halogens is 1. The van der Waals surface area contributed by atoms with Gasteiger partial charge in [0.25, 0.3) is 0 Å². The summed E-state index contributed by atoms with van der Waals surface area (Å²) in [6.45, 7) is 9.01. The molecule has 0 spiro atoms. The Bertz CT molecular complexity index is 638. The first-order valence-corrected chi connectivity index (χ1v) is 9.49.